The van der Waals surface area contributed by atoms with Crippen LogP contribution in [0.25, 0.3) is 10.9 Å². The smallest absolute Gasteiger partial charge is 0.229 e. The number of halogens is 1. The summed E-state index contributed by atoms with van der Waals surface area (Å²) < 4.78 is 24.0. The molecule has 4 aromatic rings. The molecule has 148 valence electrons. The third kappa shape index (κ3) is 4.62. The van der Waals surface area contributed by atoms with Crippen molar-refractivity contribution in [3.8, 4) is 0 Å². The number of hydrogen-bond acceptors (Lipinski definition) is 7. The highest BCUT2D eigenvalue weighted by Gasteiger charge is 2.09. The molecule has 0 aliphatic rings. The zero-order valence-electron chi connectivity index (χ0n) is 14.9. The zero-order valence-corrected chi connectivity index (χ0v) is 16.5. The number of aromatic nitrogens is 4. The number of nitrogens with one attached hydrogen (secondary N) is 4. The maximum absolute atomic E-state index is 10.8. The first-order valence-electron chi connectivity index (χ1n) is 8.54. The Kier molecular flexibility index (Phi) is 5.56. The molecule has 0 saturated carbocycles. The van der Waals surface area contributed by atoms with Crippen LogP contribution >= 0.6 is 11.6 Å². The number of para-hydroxylation sites is 1. The molecule has 2 aromatic heterocycles. The fraction of sp³-hybridized carbons (Fsp3) is 0.0556. The molecule has 4 N–H and O–H groups in total. The molecule has 29 heavy (non-hydrogen) atoms. The molecule has 0 spiro atoms. The molecule has 0 radical (unpaired) electrons. The Morgan fingerprint density at radius 3 is 2.79 bits per heavy atom. The average molecular weight is 430 g/mol. The number of benzene rings is 2. The van der Waals surface area contributed by atoms with Gasteiger partial charge < -0.3 is 10.6 Å². The van der Waals surface area contributed by atoms with Crippen LogP contribution in [0, 0.1) is 0 Å². The van der Waals surface area contributed by atoms with Crippen LogP contribution in [0.1, 0.15) is 5.56 Å². The largest absolute Gasteiger partial charge is 0.339 e. The minimum atomic E-state index is -2.69. The van der Waals surface area contributed by atoms with E-state index in [1.807, 2.05) is 42.5 Å². The summed E-state index contributed by atoms with van der Waals surface area (Å²) in [7, 11) is -2.69. The predicted molar refractivity (Wildman–Crippen MR) is 113 cm³/mol. The Morgan fingerprint density at radius 1 is 1.07 bits per heavy atom. The first kappa shape index (κ1) is 19.1. The van der Waals surface area contributed by atoms with Crippen molar-refractivity contribution in [2.45, 2.75) is 6.54 Å². The number of hydrogen-bond donors (Lipinski definition) is 5. The molecular weight excluding hydrogens is 414 g/mol. The van der Waals surface area contributed by atoms with Crippen LogP contribution in [0.3, 0.4) is 0 Å². The van der Waals surface area contributed by atoms with Crippen LogP contribution in [0.2, 0.25) is 5.02 Å². The Hall–Kier alpha value is -3.21. The fourth-order valence-electron chi connectivity index (χ4n) is 2.74. The molecule has 0 aliphatic carbocycles. The molecule has 0 bridgehead atoms. The highest BCUT2D eigenvalue weighted by molar-refractivity contribution is 7.70. The van der Waals surface area contributed by atoms with Crippen LogP contribution in [-0.4, -0.2) is 28.6 Å². The molecule has 9 nitrogen and oxygen atoms in total. The van der Waals surface area contributed by atoms with Gasteiger partial charge in [0.2, 0.25) is 16.8 Å². The van der Waals surface area contributed by atoms with Gasteiger partial charge in [0, 0.05) is 23.3 Å². The van der Waals surface area contributed by atoms with Crippen molar-refractivity contribution in [1.29, 1.82) is 0 Å². The van der Waals surface area contributed by atoms with Gasteiger partial charge in [-0.15, -0.1) is 0 Å². The van der Waals surface area contributed by atoms with Crippen molar-refractivity contribution in [3.05, 3.63) is 65.4 Å². The van der Waals surface area contributed by atoms with Crippen LogP contribution in [0.5, 0.6) is 0 Å². The fourth-order valence-corrected chi connectivity index (χ4v) is 3.18. The maximum atomic E-state index is 10.8. The summed E-state index contributed by atoms with van der Waals surface area (Å²) in [6, 6.07) is 13.0. The average Bonchev–Trinajstić information content (AvgIpc) is 3.17. The Bertz CT molecular complexity index is 1230. The number of aromatic amines is 1. The van der Waals surface area contributed by atoms with Crippen LogP contribution < -0.4 is 15.4 Å². The molecule has 0 saturated heterocycles. The van der Waals surface area contributed by atoms with Gasteiger partial charge in [0.1, 0.15) is 5.02 Å². The summed E-state index contributed by atoms with van der Waals surface area (Å²) in [5.41, 5.74) is 3.17. The normalized spacial score (nSPS) is 11.1. The molecule has 0 atom stereocenters. The topological polar surface area (TPSA) is 125 Å². The van der Waals surface area contributed by atoms with Crippen molar-refractivity contribution in [2.75, 3.05) is 10.6 Å². The Balaban J connectivity index is 1.57. The quantitative estimate of drug-likeness (QED) is 0.286. The van der Waals surface area contributed by atoms with E-state index in [9.17, 15) is 8.42 Å². The molecular formula is C18H16ClN7O2S. The minimum Gasteiger partial charge on any atom is -0.339 e. The van der Waals surface area contributed by atoms with E-state index < -0.39 is 10.9 Å². The van der Waals surface area contributed by atoms with E-state index in [0.717, 1.165) is 22.2 Å². The first-order chi connectivity index (χ1) is 14.1. The van der Waals surface area contributed by atoms with Crippen LogP contribution in [0.15, 0.2) is 54.9 Å². The molecule has 11 heteroatoms. The summed E-state index contributed by atoms with van der Waals surface area (Å²) in [6.07, 6.45) is 3.22. The van der Waals surface area contributed by atoms with Gasteiger partial charge in [-0.05, 0) is 29.8 Å². The Labute approximate surface area is 172 Å². The van der Waals surface area contributed by atoms with Crippen molar-refractivity contribution in [2.24, 2.45) is 0 Å². The van der Waals surface area contributed by atoms with Crippen LogP contribution in [0.4, 0.5) is 23.1 Å². The maximum Gasteiger partial charge on any atom is 0.229 e. The third-order valence-corrected chi connectivity index (χ3v) is 4.80. The lowest BCUT2D eigenvalue weighted by Crippen LogP contribution is -2.12. The summed E-state index contributed by atoms with van der Waals surface area (Å²) in [5, 5.41) is 14.5. The summed E-state index contributed by atoms with van der Waals surface area (Å²) in [5.74, 6) is 0.755. The van der Waals surface area contributed by atoms with E-state index >= 15 is 0 Å². The molecule has 2 heterocycles. The molecule has 4 rings (SSSR count). The van der Waals surface area contributed by atoms with Gasteiger partial charge in [-0.2, -0.15) is 10.1 Å². The van der Waals surface area contributed by atoms with Gasteiger partial charge in [-0.1, -0.05) is 29.8 Å². The van der Waals surface area contributed by atoms with Crippen molar-refractivity contribution in [1.82, 2.24) is 24.9 Å². The van der Waals surface area contributed by atoms with E-state index in [-0.39, 0.29) is 6.54 Å². The first-order valence-corrected chi connectivity index (χ1v) is 10.1. The van der Waals surface area contributed by atoms with Gasteiger partial charge in [-0.25, -0.2) is 18.1 Å². The molecule has 2 aromatic carbocycles. The second kappa shape index (κ2) is 8.43. The third-order valence-electron chi connectivity index (χ3n) is 4.11. The molecule has 0 amide bonds. The standard InChI is InChI=1S/C18H16ClN7O2S/c19-14-10-20-18(23-13-5-6-16-12(7-13)8-21-26-16)25-17(14)24-15-4-2-1-3-11(15)9-22-29(27)28/h1-8,10,29H,9H2,(H,21,26)(H,22,27,28)(H2,20,23,24,25). The number of thiol groups is 1. The lowest BCUT2D eigenvalue weighted by atomic mass is 10.2. The van der Waals surface area contributed by atoms with Crippen LogP contribution in [-0.2, 0) is 17.4 Å². The number of nitrogens with zero attached hydrogens (tertiary/aromatic N) is 3. The molecule has 0 fully saturated rings. The van der Waals surface area contributed by atoms with Gasteiger partial charge >= 0.3 is 0 Å². The monoisotopic (exact) mass is 429 g/mol. The highest BCUT2D eigenvalue weighted by Crippen LogP contribution is 2.27. The number of fused-ring (bicyclic) bond motifs is 1. The molecule has 0 unspecified atom stereocenters. The van der Waals surface area contributed by atoms with E-state index in [2.05, 4.69) is 35.5 Å². The Morgan fingerprint density at radius 2 is 1.93 bits per heavy atom. The zero-order chi connectivity index (χ0) is 20.2. The second-order valence-corrected chi connectivity index (χ2v) is 7.30. The number of rotatable bonds is 7. The number of H-pyrrole nitrogens is 1. The highest BCUT2D eigenvalue weighted by atomic mass is 35.5. The van der Waals surface area contributed by atoms with Crippen molar-refractivity contribution in [3.63, 3.8) is 0 Å². The summed E-state index contributed by atoms with van der Waals surface area (Å²) in [4.78, 5) is 8.65. The lowest BCUT2D eigenvalue weighted by Gasteiger charge is -2.13. The summed E-state index contributed by atoms with van der Waals surface area (Å²) in [6.45, 7) is 0.153. The summed E-state index contributed by atoms with van der Waals surface area (Å²) >= 11 is 6.25. The number of anilines is 4. The van der Waals surface area contributed by atoms with E-state index in [1.165, 1.54) is 6.20 Å². The predicted octanol–water partition coefficient (Wildman–Crippen LogP) is 3.11. The second-order valence-electron chi connectivity index (χ2n) is 6.06. The van der Waals surface area contributed by atoms with Crippen molar-refractivity contribution < 1.29 is 8.42 Å². The van der Waals surface area contributed by atoms with Crippen molar-refractivity contribution >= 4 is 56.5 Å². The van der Waals surface area contributed by atoms with Gasteiger partial charge in [0.05, 0.1) is 17.9 Å². The van der Waals surface area contributed by atoms with Gasteiger partial charge in [0.15, 0.2) is 5.82 Å². The minimum absolute atomic E-state index is 0.153. The van der Waals surface area contributed by atoms with Gasteiger partial charge in [-0.3, -0.25) is 5.10 Å². The molecule has 0 aliphatic heterocycles. The van der Waals surface area contributed by atoms with E-state index in [0.29, 0.717) is 22.5 Å². The SMILES string of the molecule is O=[SH](=O)NCc1ccccc1Nc1nc(Nc2ccc3[nH]ncc3c2)ncc1Cl. The van der Waals surface area contributed by atoms with E-state index in [4.69, 9.17) is 11.6 Å². The van der Waals surface area contributed by atoms with Gasteiger partial charge in [0.25, 0.3) is 0 Å². The lowest BCUT2D eigenvalue weighted by molar-refractivity contribution is 0.601. The van der Waals surface area contributed by atoms with E-state index in [1.54, 1.807) is 6.20 Å².